The molecule has 1 amide bonds. The second kappa shape index (κ2) is 57.6. The Bertz CT molecular complexity index is 1470. The van der Waals surface area contributed by atoms with Gasteiger partial charge in [0.05, 0.1) is 39.9 Å². The van der Waals surface area contributed by atoms with Gasteiger partial charge in [-0.3, -0.25) is 9.36 Å². The zero-order valence-electron chi connectivity index (χ0n) is 50.7. The Morgan fingerprint density at radius 3 is 1.17 bits per heavy atom. The molecule has 0 aliphatic rings. The van der Waals surface area contributed by atoms with E-state index in [1.165, 1.54) is 186 Å². The molecule has 0 bridgehead atoms. The molecular weight excluding hydrogens is 960 g/mol. The molecule has 3 unspecified atom stereocenters. The third kappa shape index (κ3) is 59.6. The first-order valence-electron chi connectivity index (χ1n) is 32.3. The molecule has 0 aliphatic heterocycles. The van der Waals surface area contributed by atoms with Crippen LogP contribution in [0.1, 0.15) is 296 Å². The summed E-state index contributed by atoms with van der Waals surface area (Å²) in [4.78, 5) is 25.6. The lowest BCUT2D eigenvalue weighted by Gasteiger charge is -2.30. The monoisotopic (exact) mass is 1080 g/mol. The van der Waals surface area contributed by atoms with Gasteiger partial charge in [-0.1, -0.05) is 299 Å². The maximum Gasteiger partial charge on any atom is 0.268 e. The van der Waals surface area contributed by atoms with Crippen LogP contribution in [0.3, 0.4) is 0 Å². The van der Waals surface area contributed by atoms with E-state index in [4.69, 9.17) is 9.05 Å². The quantitative estimate of drug-likeness (QED) is 0.0272. The number of quaternary nitrogens is 1. The number of phosphoric ester groups is 1. The van der Waals surface area contributed by atoms with Crippen molar-refractivity contribution in [2.45, 2.75) is 309 Å². The standard InChI is InChI=1S/C67H125N2O6P/c1-6-8-10-12-14-16-18-20-22-24-26-28-30-32-33-34-35-37-39-41-43-45-47-49-51-53-55-57-59-61-67(71)68-65(64-75-76(72,73)74-63-62-69(3,4)5)66(70)60-58-56-54-52-50-48-46-44-42-40-38-36-31-29-27-25-23-21-19-17-15-13-11-9-7-2/h8,10,14,16,20,22,26,28,32-33,35,37,65-66,70H,6-7,9,11-13,15,17-19,21,23-25,27,29-31,34,36,38-64H2,1-5H3,(H-,68,71,72,73)/b10-8-,16-14-,22-20-,28-26-,33-32-,37-35-. The van der Waals surface area contributed by atoms with Crippen LogP contribution in [-0.4, -0.2) is 68.5 Å². The van der Waals surface area contributed by atoms with E-state index in [-0.39, 0.29) is 19.1 Å². The molecule has 9 heteroatoms. The molecule has 3 atom stereocenters. The first-order chi connectivity index (χ1) is 37.0. The second-order valence-corrected chi connectivity index (χ2v) is 24.5. The predicted octanol–water partition coefficient (Wildman–Crippen LogP) is 19.6. The van der Waals surface area contributed by atoms with Crippen LogP contribution in [0.5, 0.6) is 0 Å². The van der Waals surface area contributed by atoms with Crippen LogP contribution in [0.4, 0.5) is 0 Å². The second-order valence-electron chi connectivity index (χ2n) is 23.1. The minimum absolute atomic E-state index is 0.00908. The number of hydrogen-bond acceptors (Lipinski definition) is 6. The summed E-state index contributed by atoms with van der Waals surface area (Å²) in [6.07, 6.45) is 79.5. The summed E-state index contributed by atoms with van der Waals surface area (Å²) in [5, 5.41) is 14.1. The van der Waals surface area contributed by atoms with E-state index in [1.54, 1.807) is 0 Å². The molecule has 0 aromatic rings. The Kier molecular flexibility index (Phi) is 56.1. The van der Waals surface area contributed by atoms with Crippen LogP contribution < -0.4 is 10.2 Å². The van der Waals surface area contributed by atoms with Crippen molar-refractivity contribution in [3.63, 3.8) is 0 Å². The molecule has 0 saturated carbocycles. The normalized spacial score (nSPS) is 14.2. The Morgan fingerprint density at radius 1 is 0.474 bits per heavy atom. The molecule has 0 aromatic carbocycles. The maximum atomic E-state index is 13.0. The smallest absolute Gasteiger partial charge is 0.268 e. The number of amides is 1. The van der Waals surface area contributed by atoms with Crippen molar-refractivity contribution in [1.82, 2.24) is 5.32 Å². The van der Waals surface area contributed by atoms with Crippen molar-refractivity contribution >= 4 is 13.7 Å². The summed E-state index contributed by atoms with van der Waals surface area (Å²) in [6, 6.07) is -0.809. The predicted molar refractivity (Wildman–Crippen MR) is 330 cm³/mol. The van der Waals surface area contributed by atoms with E-state index >= 15 is 0 Å². The number of unbranched alkanes of at least 4 members (excludes halogenated alkanes) is 34. The first-order valence-corrected chi connectivity index (χ1v) is 33.7. The van der Waals surface area contributed by atoms with Crippen LogP contribution in [0.15, 0.2) is 72.9 Å². The third-order valence-electron chi connectivity index (χ3n) is 14.5. The van der Waals surface area contributed by atoms with Gasteiger partial charge < -0.3 is 28.8 Å². The van der Waals surface area contributed by atoms with Crippen LogP contribution in [0, 0.1) is 0 Å². The van der Waals surface area contributed by atoms with Gasteiger partial charge in [0.15, 0.2) is 0 Å². The average molecular weight is 1090 g/mol. The lowest BCUT2D eigenvalue weighted by Crippen LogP contribution is -2.46. The van der Waals surface area contributed by atoms with E-state index in [1.807, 2.05) is 21.1 Å². The number of aliphatic hydroxyl groups is 1. The van der Waals surface area contributed by atoms with Gasteiger partial charge in [0.25, 0.3) is 7.82 Å². The number of likely N-dealkylation sites (N-methyl/N-ethyl adjacent to an activating group) is 1. The highest BCUT2D eigenvalue weighted by Gasteiger charge is 2.24. The molecule has 444 valence electrons. The molecule has 8 nitrogen and oxygen atoms in total. The molecule has 0 saturated heterocycles. The Morgan fingerprint density at radius 2 is 0.803 bits per heavy atom. The van der Waals surface area contributed by atoms with Crippen molar-refractivity contribution in [1.29, 1.82) is 0 Å². The fraction of sp³-hybridized carbons (Fsp3) is 0.806. The van der Waals surface area contributed by atoms with Gasteiger partial charge in [-0.2, -0.15) is 0 Å². The lowest BCUT2D eigenvalue weighted by atomic mass is 10.0. The zero-order chi connectivity index (χ0) is 55.6. The van der Waals surface area contributed by atoms with Crippen molar-refractivity contribution < 1.29 is 32.9 Å². The first kappa shape index (κ1) is 73.9. The number of aliphatic hydroxyl groups excluding tert-OH is 1. The van der Waals surface area contributed by atoms with Crippen molar-refractivity contribution in [2.75, 3.05) is 40.9 Å². The van der Waals surface area contributed by atoms with Crippen LogP contribution >= 0.6 is 7.82 Å². The molecular formula is C67H125N2O6P. The zero-order valence-corrected chi connectivity index (χ0v) is 51.6. The number of nitrogens with one attached hydrogen (secondary N) is 1. The molecule has 0 spiro atoms. The van der Waals surface area contributed by atoms with E-state index in [9.17, 15) is 19.4 Å². The third-order valence-corrected chi connectivity index (χ3v) is 15.4. The van der Waals surface area contributed by atoms with Gasteiger partial charge in [-0.05, 0) is 64.2 Å². The number of nitrogens with zero attached hydrogens (tertiary/aromatic N) is 1. The molecule has 0 aliphatic carbocycles. The van der Waals surface area contributed by atoms with Crippen LogP contribution in [-0.2, 0) is 18.4 Å². The van der Waals surface area contributed by atoms with Crippen molar-refractivity contribution in [2.24, 2.45) is 0 Å². The van der Waals surface area contributed by atoms with Gasteiger partial charge in [-0.25, -0.2) is 0 Å². The summed E-state index contributed by atoms with van der Waals surface area (Å²) < 4.78 is 23.5. The summed E-state index contributed by atoms with van der Waals surface area (Å²) in [5.41, 5.74) is 0. The Labute approximate surface area is 472 Å². The summed E-state index contributed by atoms with van der Waals surface area (Å²) in [5.74, 6) is -0.168. The highest BCUT2D eigenvalue weighted by Crippen LogP contribution is 2.38. The SMILES string of the molecule is CC/C=C\C/C=C\C/C=C\C/C=C\C/C=C\C/C=C\CCCCCCCCCCCCC(=O)NC(COP(=O)([O-])OCC[N+](C)(C)C)C(O)CCCCCCCCCCCCCCCCCCCCCCCCCCC. The number of rotatable bonds is 59. The van der Waals surface area contributed by atoms with E-state index in [2.05, 4.69) is 92.1 Å². The van der Waals surface area contributed by atoms with Gasteiger partial charge in [0.2, 0.25) is 5.91 Å². The Balaban J connectivity index is 4.12. The number of allylic oxidation sites excluding steroid dienone is 12. The topological polar surface area (TPSA) is 108 Å². The molecule has 76 heavy (non-hydrogen) atoms. The number of carbonyl (C=O) groups excluding carboxylic acids is 1. The van der Waals surface area contributed by atoms with E-state index in [0.717, 1.165) is 83.5 Å². The molecule has 0 fully saturated rings. The average Bonchev–Trinajstić information content (AvgIpc) is 3.38. The fourth-order valence-corrected chi connectivity index (χ4v) is 10.2. The number of phosphoric acid groups is 1. The van der Waals surface area contributed by atoms with E-state index in [0.29, 0.717) is 23.9 Å². The number of hydrogen-bond donors (Lipinski definition) is 2. The molecule has 2 N–H and O–H groups in total. The molecule has 0 aromatic heterocycles. The summed E-state index contributed by atoms with van der Waals surface area (Å²) >= 11 is 0. The largest absolute Gasteiger partial charge is 0.756 e. The maximum absolute atomic E-state index is 13.0. The minimum atomic E-state index is -4.58. The minimum Gasteiger partial charge on any atom is -0.756 e. The van der Waals surface area contributed by atoms with E-state index < -0.39 is 20.0 Å². The number of carbonyl (C=O) groups is 1. The molecule has 0 heterocycles. The van der Waals surface area contributed by atoms with Crippen molar-refractivity contribution in [3.8, 4) is 0 Å². The summed E-state index contributed by atoms with van der Waals surface area (Å²) in [6.45, 7) is 4.64. The van der Waals surface area contributed by atoms with Gasteiger partial charge in [0, 0.05) is 6.42 Å². The highest BCUT2D eigenvalue weighted by atomic mass is 31.2. The van der Waals surface area contributed by atoms with Gasteiger partial charge >= 0.3 is 0 Å². The van der Waals surface area contributed by atoms with Crippen LogP contribution in [0.2, 0.25) is 0 Å². The molecule has 0 rings (SSSR count). The van der Waals surface area contributed by atoms with Crippen molar-refractivity contribution in [3.05, 3.63) is 72.9 Å². The van der Waals surface area contributed by atoms with Gasteiger partial charge in [0.1, 0.15) is 13.2 Å². The van der Waals surface area contributed by atoms with Gasteiger partial charge in [-0.15, -0.1) is 0 Å². The lowest BCUT2D eigenvalue weighted by molar-refractivity contribution is -0.870. The van der Waals surface area contributed by atoms with Crippen LogP contribution in [0.25, 0.3) is 0 Å². The highest BCUT2D eigenvalue weighted by molar-refractivity contribution is 7.45. The summed E-state index contributed by atoms with van der Waals surface area (Å²) in [7, 11) is 1.30. The molecule has 0 radical (unpaired) electrons. The fourth-order valence-electron chi connectivity index (χ4n) is 9.46. The Hall–Kier alpha value is -2.06.